The first-order chi connectivity index (χ1) is 13.1. The van der Waals surface area contributed by atoms with Crippen molar-refractivity contribution in [2.45, 2.75) is 45.6 Å². The fraction of sp³-hybridized carbons (Fsp3) is 0.550. The normalized spacial score (nSPS) is 15.3. The molecule has 2 aromatic heterocycles. The molecular formula is C20H28N4O3. The van der Waals surface area contributed by atoms with E-state index in [2.05, 4.69) is 21.3 Å². The third-order valence-corrected chi connectivity index (χ3v) is 5.17. The number of hydrogen-bond acceptors (Lipinski definition) is 5. The van der Waals surface area contributed by atoms with Crippen LogP contribution in [-0.4, -0.2) is 51.8 Å². The van der Waals surface area contributed by atoms with Crippen LogP contribution in [0.4, 0.5) is 0 Å². The number of carbonyl (C=O) groups excluding carboxylic acids is 1. The second-order valence-electron chi connectivity index (χ2n) is 6.98. The minimum atomic E-state index is 0.163. The highest BCUT2D eigenvalue weighted by molar-refractivity contribution is 5.76. The van der Waals surface area contributed by atoms with Crippen LogP contribution in [0.1, 0.15) is 48.0 Å². The van der Waals surface area contributed by atoms with Crippen molar-refractivity contribution in [3.05, 3.63) is 47.9 Å². The van der Waals surface area contributed by atoms with Gasteiger partial charge in [-0.05, 0) is 26.7 Å². The summed E-state index contributed by atoms with van der Waals surface area (Å²) >= 11 is 0. The van der Waals surface area contributed by atoms with Gasteiger partial charge in [-0.1, -0.05) is 11.2 Å². The van der Waals surface area contributed by atoms with Gasteiger partial charge in [0.15, 0.2) is 0 Å². The molecule has 1 aliphatic rings. The number of amides is 1. The second-order valence-corrected chi connectivity index (χ2v) is 6.98. The van der Waals surface area contributed by atoms with E-state index >= 15 is 0 Å². The molecule has 0 spiro atoms. The molecule has 0 N–H and O–H groups in total. The van der Waals surface area contributed by atoms with Crippen LogP contribution in [0.2, 0.25) is 0 Å². The zero-order valence-corrected chi connectivity index (χ0v) is 16.2. The molecule has 2 aromatic rings. The van der Waals surface area contributed by atoms with Gasteiger partial charge in [-0.3, -0.25) is 4.79 Å². The molecule has 146 valence electrons. The fourth-order valence-electron chi connectivity index (χ4n) is 3.58. The highest BCUT2D eigenvalue weighted by atomic mass is 16.5. The van der Waals surface area contributed by atoms with Gasteiger partial charge < -0.3 is 18.7 Å². The van der Waals surface area contributed by atoms with E-state index in [-0.39, 0.29) is 5.91 Å². The quantitative estimate of drug-likeness (QED) is 0.526. The number of likely N-dealkylation sites (tertiary alicyclic amines) is 1. The van der Waals surface area contributed by atoms with E-state index in [1.165, 1.54) is 0 Å². The van der Waals surface area contributed by atoms with Gasteiger partial charge >= 0.3 is 0 Å². The topological polar surface area (TPSA) is 73.4 Å². The van der Waals surface area contributed by atoms with Crippen molar-refractivity contribution >= 4 is 5.91 Å². The van der Waals surface area contributed by atoms with Crippen molar-refractivity contribution in [2.24, 2.45) is 0 Å². The van der Waals surface area contributed by atoms with Gasteiger partial charge in [-0.2, -0.15) is 0 Å². The van der Waals surface area contributed by atoms with E-state index in [1.807, 2.05) is 31.1 Å². The van der Waals surface area contributed by atoms with Gasteiger partial charge in [0.1, 0.15) is 11.6 Å². The molecule has 27 heavy (non-hydrogen) atoms. The molecule has 0 bridgehead atoms. The zero-order valence-electron chi connectivity index (χ0n) is 16.2. The first kappa shape index (κ1) is 19.4. The second kappa shape index (κ2) is 8.99. The van der Waals surface area contributed by atoms with Gasteiger partial charge in [-0.25, -0.2) is 4.98 Å². The van der Waals surface area contributed by atoms with Gasteiger partial charge in [0.25, 0.3) is 0 Å². The standard InChI is InChI=1S/C20H28N4O3/c1-4-12-26-13-7-19(25)23-9-5-17(6-10-23)20-21-8-11-24(20)14-18-15(2)22-27-16(18)3/h4,8,11,17H,1,5-7,9-10,12-14H2,2-3H3. The molecule has 0 atom stereocenters. The Bertz CT molecular complexity index is 753. The molecule has 1 saturated heterocycles. The molecule has 7 heteroatoms. The molecular weight excluding hydrogens is 344 g/mol. The maximum atomic E-state index is 12.3. The van der Waals surface area contributed by atoms with Gasteiger partial charge in [-0.15, -0.1) is 6.58 Å². The van der Waals surface area contributed by atoms with Crippen molar-refractivity contribution in [2.75, 3.05) is 26.3 Å². The Morgan fingerprint density at radius 1 is 1.41 bits per heavy atom. The maximum absolute atomic E-state index is 12.3. The monoisotopic (exact) mass is 372 g/mol. The van der Waals surface area contributed by atoms with E-state index in [1.54, 1.807) is 6.08 Å². The molecule has 3 rings (SSSR count). The predicted octanol–water partition coefficient (Wildman–Crippen LogP) is 2.83. The minimum absolute atomic E-state index is 0.163. The first-order valence-electron chi connectivity index (χ1n) is 9.49. The molecule has 0 unspecified atom stereocenters. The third-order valence-electron chi connectivity index (χ3n) is 5.17. The molecule has 7 nitrogen and oxygen atoms in total. The third kappa shape index (κ3) is 4.66. The molecule has 0 radical (unpaired) electrons. The largest absolute Gasteiger partial charge is 0.377 e. The van der Waals surface area contributed by atoms with Gasteiger partial charge in [0.2, 0.25) is 5.91 Å². The molecule has 0 aromatic carbocycles. The van der Waals surface area contributed by atoms with Crippen molar-refractivity contribution in [1.29, 1.82) is 0 Å². The van der Waals surface area contributed by atoms with Gasteiger partial charge in [0.05, 0.1) is 31.9 Å². The van der Waals surface area contributed by atoms with Crippen molar-refractivity contribution in [3.8, 4) is 0 Å². The number of aryl methyl sites for hydroxylation is 2. The summed E-state index contributed by atoms with van der Waals surface area (Å²) in [6.07, 6.45) is 7.84. The highest BCUT2D eigenvalue weighted by Gasteiger charge is 2.26. The summed E-state index contributed by atoms with van der Waals surface area (Å²) in [6.45, 7) is 10.7. The van der Waals surface area contributed by atoms with Crippen LogP contribution >= 0.6 is 0 Å². The lowest BCUT2D eigenvalue weighted by Gasteiger charge is -2.32. The molecule has 3 heterocycles. The SMILES string of the molecule is C=CCOCCC(=O)N1CCC(c2nccn2Cc2c(C)noc2C)CC1. The van der Waals surface area contributed by atoms with Crippen LogP contribution in [-0.2, 0) is 16.1 Å². The molecule has 1 fully saturated rings. The van der Waals surface area contributed by atoms with E-state index < -0.39 is 0 Å². The Morgan fingerprint density at radius 3 is 2.85 bits per heavy atom. The number of carbonyl (C=O) groups is 1. The first-order valence-corrected chi connectivity index (χ1v) is 9.49. The summed E-state index contributed by atoms with van der Waals surface area (Å²) in [4.78, 5) is 18.8. The average Bonchev–Trinajstić information content (AvgIpc) is 3.27. The lowest BCUT2D eigenvalue weighted by Crippen LogP contribution is -2.38. The lowest BCUT2D eigenvalue weighted by atomic mass is 9.95. The zero-order chi connectivity index (χ0) is 19.2. The molecule has 0 aliphatic carbocycles. The summed E-state index contributed by atoms with van der Waals surface area (Å²) in [5.41, 5.74) is 2.03. The molecule has 1 amide bonds. The van der Waals surface area contributed by atoms with E-state index in [4.69, 9.17) is 9.26 Å². The van der Waals surface area contributed by atoms with Crippen LogP contribution in [0.25, 0.3) is 0 Å². The van der Waals surface area contributed by atoms with Crippen molar-refractivity contribution in [3.63, 3.8) is 0 Å². The number of ether oxygens (including phenoxy) is 1. The van der Waals surface area contributed by atoms with Crippen LogP contribution in [0, 0.1) is 13.8 Å². The Kier molecular flexibility index (Phi) is 6.45. The number of piperidine rings is 1. The van der Waals surface area contributed by atoms with Crippen molar-refractivity contribution < 1.29 is 14.1 Å². The number of rotatable bonds is 8. The summed E-state index contributed by atoms with van der Waals surface area (Å²) in [7, 11) is 0. The van der Waals surface area contributed by atoms with E-state index in [0.717, 1.165) is 55.3 Å². The highest BCUT2D eigenvalue weighted by Crippen LogP contribution is 2.28. The van der Waals surface area contributed by atoms with Crippen LogP contribution in [0.3, 0.4) is 0 Å². The Morgan fingerprint density at radius 2 is 2.19 bits per heavy atom. The van der Waals surface area contributed by atoms with E-state index in [9.17, 15) is 4.79 Å². The average molecular weight is 372 g/mol. The number of nitrogens with zero attached hydrogens (tertiary/aromatic N) is 4. The van der Waals surface area contributed by atoms with E-state index in [0.29, 0.717) is 25.6 Å². The van der Waals surface area contributed by atoms with Gasteiger partial charge in [0, 0.05) is 37.0 Å². The maximum Gasteiger partial charge on any atom is 0.224 e. The summed E-state index contributed by atoms with van der Waals surface area (Å²) in [6, 6.07) is 0. The number of aromatic nitrogens is 3. The van der Waals surface area contributed by atoms with Crippen LogP contribution < -0.4 is 0 Å². The molecule has 0 saturated carbocycles. The Labute approximate surface area is 160 Å². The molecule has 1 aliphatic heterocycles. The van der Waals surface area contributed by atoms with Crippen LogP contribution in [0.5, 0.6) is 0 Å². The Balaban J connectivity index is 1.55. The predicted molar refractivity (Wildman–Crippen MR) is 101 cm³/mol. The van der Waals surface area contributed by atoms with Crippen molar-refractivity contribution in [1.82, 2.24) is 19.6 Å². The smallest absolute Gasteiger partial charge is 0.224 e. The summed E-state index contributed by atoms with van der Waals surface area (Å²) in [5, 5.41) is 4.04. The minimum Gasteiger partial charge on any atom is -0.377 e. The Hall–Kier alpha value is -2.41. The van der Waals surface area contributed by atoms with Crippen LogP contribution in [0.15, 0.2) is 29.6 Å². The summed E-state index contributed by atoms with van der Waals surface area (Å²) in [5.74, 6) is 2.46. The lowest BCUT2D eigenvalue weighted by molar-refractivity contribution is -0.133. The fourth-order valence-corrected chi connectivity index (χ4v) is 3.58. The number of imidazole rings is 1. The summed E-state index contributed by atoms with van der Waals surface area (Å²) < 4.78 is 12.8. The number of hydrogen-bond donors (Lipinski definition) is 0.